The van der Waals surface area contributed by atoms with Gasteiger partial charge < -0.3 is 9.67 Å². The summed E-state index contributed by atoms with van der Waals surface area (Å²) in [5.41, 5.74) is 2.22. The second-order valence-corrected chi connectivity index (χ2v) is 7.32. The number of β-amino-alcohol motifs (C(OH)–C–C–N with tert-alkyl or cyclic N) is 1. The highest BCUT2D eigenvalue weighted by molar-refractivity contribution is 5.81. The van der Waals surface area contributed by atoms with E-state index in [2.05, 4.69) is 20.4 Å². The molecule has 2 fully saturated rings. The molecule has 4 rings (SSSR count). The van der Waals surface area contributed by atoms with Crippen molar-refractivity contribution in [2.45, 2.75) is 38.0 Å². The molecule has 5 heteroatoms. The van der Waals surface area contributed by atoms with Crippen molar-refractivity contribution in [2.75, 3.05) is 26.2 Å². The molecule has 0 spiro atoms. The van der Waals surface area contributed by atoms with Crippen LogP contribution in [0.4, 0.5) is 4.39 Å². The SMILES string of the molecule is Cn1c(CN2C[C@H](O)[C@@H](N3CCCCC3)C2)cc2cc(F)ccc21. The molecule has 0 amide bonds. The van der Waals surface area contributed by atoms with E-state index in [1.807, 2.05) is 13.1 Å². The van der Waals surface area contributed by atoms with Crippen LogP contribution in [0.2, 0.25) is 0 Å². The van der Waals surface area contributed by atoms with Crippen LogP contribution >= 0.6 is 0 Å². The largest absolute Gasteiger partial charge is 0.390 e. The van der Waals surface area contributed by atoms with Crippen LogP contribution in [0.25, 0.3) is 10.9 Å². The number of hydrogen-bond donors (Lipinski definition) is 1. The van der Waals surface area contributed by atoms with Gasteiger partial charge in [0.1, 0.15) is 5.82 Å². The second kappa shape index (κ2) is 6.47. The van der Waals surface area contributed by atoms with Gasteiger partial charge in [0.2, 0.25) is 0 Å². The van der Waals surface area contributed by atoms with Crippen LogP contribution < -0.4 is 0 Å². The Kier molecular flexibility index (Phi) is 4.33. The van der Waals surface area contributed by atoms with Crippen LogP contribution in [0.1, 0.15) is 25.0 Å². The fraction of sp³-hybridized carbons (Fsp3) is 0.579. The summed E-state index contributed by atoms with van der Waals surface area (Å²) >= 11 is 0. The molecule has 3 heterocycles. The van der Waals surface area contributed by atoms with Crippen molar-refractivity contribution in [2.24, 2.45) is 7.05 Å². The summed E-state index contributed by atoms with van der Waals surface area (Å²) < 4.78 is 15.6. The molecule has 24 heavy (non-hydrogen) atoms. The molecule has 1 N–H and O–H groups in total. The maximum atomic E-state index is 13.4. The number of benzene rings is 1. The maximum Gasteiger partial charge on any atom is 0.123 e. The third-order valence-electron chi connectivity index (χ3n) is 5.68. The summed E-state index contributed by atoms with van der Waals surface area (Å²) in [5.74, 6) is -0.193. The van der Waals surface area contributed by atoms with Crippen LogP contribution in [-0.4, -0.2) is 57.8 Å². The summed E-state index contributed by atoms with van der Waals surface area (Å²) in [4.78, 5) is 4.79. The molecule has 0 aliphatic carbocycles. The average molecular weight is 331 g/mol. The smallest absolute Gasteiger partial charge is 0.123 e. The fourth-order valence-corrected chi connectivity index (χ4v) is 4.34. The highest BCUT2D eigenvalue weighted by atomic mass is 19.1. The monoisotopic (exact) mass is 331 g/mol. The zero-order valence-corrected chi connectivity index (χ0v) is 14.3. The lowest BCUT2D eigenvalue weighted by atomic mass is 10.1. The van der Waals surface area contributed by atoms with Crippen molar-refractivity contribution in [3.8, 4) is 0 Å². The zero-order chi connectivity index (χ0) is 16.7. The average Bonchev–Trinajstić information content (AvgIpc) is 3.09. The molecular weight excluding hydrogens is 305 g/mol. The number of aliphatic hydroxyl groups is 1. The van der Waals surface area contributed by atoms with E-state index in [0.29, 0.717) is 0 Å². The van der Waals surface area contributed by atoms with Gasteiger partial charge >= 0.3 is 0 Å². The van der Waals surface area contributed by atoms with E-state index in [1.54, 1.807) is 6.07 Å². The number of fused-ring (bicyclic) bond motifs is 1. The lowest BCUT2D eigenvalue weighted by molar-refractivity contribution is 0.0706. The van der Waals surface area contributed by atoms with E-state index in [0.717, 1.165) is 43.6 Å². The molecule has 0 saturated carbocycles. The minimum Gasteiger partial charge on any atom is -0.390 e. The summed E-state index contributed by atoms with van der Waals surface area (Å²) in [6, 6.07) is 7.27. The minimum absolute atomic E-state index is 0.193. The molecule has 2 aromatic rings. The van der Waals surface area contributed by atoms with Crippen LogP contribution in [0.3, 0.4) is 0 Å². The number of nitrogens with zero attached hydrogens (tertiary/aromatic N) is 3. The number of piperidine rings is 1. The Balaban J connectivity index is 1.48. The van der Waals surface area contributed by atoms with Crippen molar-refractivity contribution in [1.82, 2.24) is 14.4 Å². The van der Waals surface area contributed by atoms with Crippen molar-refractivity contribution in [1.29, 1.82) is 0 Å². The molecule has 0 radical (unpaired) electrons. The predicted molar refractivity (Wildman–Crippen MR) is 93.4 cm³/mol. The number of halogens is 1. The van der Waals surface area contributed by atoms with E-state index >= 15 is 0 Å². The Bertz CT molecular complexity index is 723. The number of aromatic nitrogens is 1. The first-order valence-electron chi connectivity index (χ1n) is 9.00. The Hall–Kier alpha value is -1.43. The van der Waals surface area contributed by atoms with Crippen LogP contribution in [0, 0.1) is 5.82 Å². The van der Waals surface area contributed by atoms with Gasteiger partial charge in [-0.05, 0) is 50.2 Å². The molecule has 2 saturated heterocycles. The fourth-order valence-electron chi connectivity index (χ4n) is 4.34. The van der Waals surface area contributed by atoms with Gasteiger partial charge in [0.15, 0.2) is 0 Å². The van der Waals surface area contributed by atoms with Crippen LogP contribution in [-0.2, 0) is 13.6 Å². The van der Waals surface area contributed by atoms with Crippen molar-refractivity contribution in [3.63, 3.8) is 0 Å². The van der Waals surface area contributed by atoms with Crippen molar-refractivity contribution < 1.29 is 9.50 Å². The van der Waals surface area contributed by atoms with Crippen LogP contribution in [0.5, 0.6) is 0 Å². The topological polar surface area (TPSA) is 31.6 Å². The Morgan fingerprint density at radius 1 is 1.12 bits per heavy atom. The highest BCUT2D eigenvalue weighted by Crippen LogP contribution is 2.25. The minimum atomic E-state index is -0.268. The Labute approximate surface area is 142 Å². The van der Waals surface area contributed by atoms with Gasteiger partial charge in [0.25, 0.3) is 0 Å². The molecule has 2 atom stereocenters. The van der Waals surface area contributed by atoms with Gasteiger partial charge in [-0.3, -0.25) is 9.80 Å². The second-order valence-electron chi connectivity index (χ2n) is 7.32. The number of aryl methyl sites for hydroxylation is 1. The van der Waals surface area contributed by atoms with Crippen molar-refractivity contribution in [3.05, 3.63) is 35.8 Å². The quantitative estimate of drug-likeness (QED) is 0.937. The zero-order valence-electron chi connectivity index (χ0n) is 14.3. The molecule has 2 aliphatic rings. The number of hydrogen-bond acceptors (Lipinski definition) is 3. The van der Waals surface area contributed by atoms with Gasteiger partial charge in [-0.25, -0.2) is 4.39 Å². The first kappa shape index (κ1) is 16.1. The summed E-state index contributed by atoms with van der Waals surface area (Å²) in [6.45, 7) is 4.66. The van der Waals surface area contributed by atoms with Gasteiger partial charge in [0, 0.05) is 49.3 Å². The van der Waals surface area contributed by atoms with E-state index in [-0.39, 0.29) is 18.0 Å². The number of likely N-dealkylation sites (tertiary alicyclic amines) is 2. The number of aliphatic hydroxyl groups excluding tert-OH is 1. The predicted octanol–water partition coefficient (Wildman–Crippen LogP) is 2.35. The Morgan fingerprint density at radius 3 is 2.71 bits per heavy atom. The van der Waals surface area contributed by atoms with E-state index in [4.69, 9.17) is 0 Å². The summed E-state index contributed by atoms with van der Waals surface area (Å²) in [6.07, 6.45) is 3.54. The van der Waals surface area contributed by atoms with Gasteiger partial charge in [0.05, 0.1) is 6.10 Å². The third kappa shape index (κ3) is 2.96. The number of rotatable bonds is 3. The van der Waals surface area contributed by atoms with E-state index in [1.165, 1.54) is 31.0 Å². The van der Waals surface area contributed by atoms with Gasteiger partial charge in [-0.2, -0.15) is 0 Å². The molecule has 130 valence electrons. The molecule has 2 aliphatic heterocycles. The molecular formula is C19H26FN3O. The maximum absolute atomic E-state index is 13.4. The lowest BCUT2D eigenvalue weighted by Gasteiger charge is -2.33. The molecule has 0 bridgehead atoms. The first-order chi connectivity index (χ1) is 11.6. The van der Waals surface area contributed by atoms with E-state index < -0.39 is 0 Å². The summed E-state index contributed by atoms with van der Waals surface area (Å²) in [5, 5.41) is 11.4. The Morgan fingerprint density at radius 2 is 1.92 bits per heavy atom. The molecule has 0 unspecified atom stereocenters. The molecule has 1 aromatic carbocycles. The molecule has 1 aromatic heterocycles. The normalized spacial score (nSPS) is 26.5. The first-order valence-corrected chi connectivity index (χ1v) is 9.00. The van der Waals surface area contributed by atoms with Crippen LogP contribution in [0.15, 0.2) is 24.3 Å². The van der Waals surface area contributed by atoms with Gasteiger partial charge in [-0.15, -0.1) is 0 Å². The standard InChI is InChI=1S/C19H26FN3O/c1-21-16(10-14-9-15(20)5-6-17(14)21)11-22-12-18(19(24)13-22)23-7-3-2-4-8-23/h5-6,9-10,18-19,24H,2-4,7-8,11-13H2,1H3/t18-,19-/m0/s1. The van der Waals surface area contributed by atoms with E-state index in [9.17, 15) is 9.50 Å². The third-order valence-corrected chi connectivity index (χ3v) is 5.68. The van der Waals surface area contributed by atoms with Gasteiger partial charge in [-0.1, -0.05) is 6.42 Å². The lowest BCUT2D eigenvalue weighted by Crippen LogP contribution is -2.45. The molecule has 4 nitrogen and oxygen atoms in total. The highest BCUT2D eigenvalue weighted by Gasteiger charge is 2.36. The summed E-state index contributed by atoms with van der Waals surface area (Å²) in [7, 11) is 2.03. The van der Waals surface area contributed by atoms with Crippen molar-refractivity contribution >= 4 is 10.9 Å².